The molecule has 2 aromatic heterocycles. The highest BCUT2D eigenvalue weighted by molar-refractivity contribution is 7.14. The van der Waals surface area contributed by atoms with Gasteiger partial charge in [-0.05, 0) is 37.0 Å². The summed E-state index contributed by atoms with van der Waals surface area (Å²) in [6.45, 7) is 0. The van der Waals surface area contributed by atoms with Crippen LogP contribution in [0.15, 0.2) is 24.5 Å². The fourth-order valence-corrected chi connectivity index (χ4v) is 3.45. The largest absolute Gasteiger partial charge is 0.495 e. The fourth-order valence-electron chi connectivity index (χ4n) is 2.24. The van der Waals surface area contributed by atoms with Gasteiger partial charge in [0.05, 0.1) is 18.2 Å². The molecule has 0 saturated heterocycles. The second-order valence-corrected chi connectivity index (χ2v) is 5.49. The summed E-state index contributed by atoms with van der Waals surface area (Å²) >= 11 is 1.62. The van der Waals surface area contributed by atoms with Crippen molar-refractivity contribution in [3.8, 4) is 5.75 Å². The van der Waals surface area contributed by atoms with Gasteiger partial charge < -0.3 is 4.74 Å². The third-order valence-corrected chi connectivity index (χ3v) is 4.42. The van der Waals surface area contributed by atoms with Crippen LogP contribution in [0.3, 0.4) is 0 Å². The minimum Gasteiger partial charge on any atom is -0.495 e. The molecule has 1 aliphatic rings. The summed E-state index contributed by atoms with van der Waals surface area (Å²) in [5.41, 5.74) is 1.94. The Morgan fingerprint density at radius 3 is 3.00 bits per heavy atom. The number of thiophene rings is 1. The Morgan fingerprint density at radius 1 is 1.33 bits per heavy atom. The summed E-state index contributed by atoms with van der Waals surface area (Å²) in [5, 5.41) is 0. The molecular weight excluding hydrogens is 246 g/mol. The molecule has 0 radical (unpaired) electrons. The predicted molar refractivity (Wildman–Crippen MR) is 70.6 cm³/mol. The topological polar surface area (TPSA) is 39.2 Å². The maximum Gasteiger partial charge on any atom is 0.204 e. The van der Waals surface area contributed by atoms with Gasteiger partial charge in [-0.3, -0.25) is 9.78 Å². The summed E-state index contributed by atoms with van der Waals surface area (Å²) in [7, 11) is 1.57. The third kappa shape index (κ3) is 1.93. The van der Waals surface area contributed by atoms with Gasteiger partial charge in [0, 0.05) is 16.6 Å². The highest BCUT2D eigenvalue weighted by atomic mass is 32.1. The number of carbonyl (C=O) groups is 1. The van der Waals surface area contributed by atoms with Crippen LogP contribution in [0.5, 0.6) is 5.75 Å². The molecule has 0 aromatic carbocycles. The maximum absolute atomic E-state index is 12.3. The van der Waals surface area contributed by atoms with Crippen molar-refractivity contribution in [2.45, 2.75) is 19.3 Å². The number of hydrogen-bond acceptors (Lipinski definition) is 4. The second kappa shape index (κ2) is 4.53. The van der Waals surface area contributed by atoms with Crippen molar-refractivity contribution in [2.24, 2.45) is 0 Å². The first kappa shape index (κ1) is 11.4. The number of aryl methyl sites for hydroxylation is 2. The summed E-state index contributed by atoms with van der Waals surface area (Å²) in [5.74, 6) is 0.658. The van der Waals surface area contributed by atoms with Crippen LogP contribution in [-0.2, 0) is 12.8 Å². The van der Waals surface area contributed by atoms with E-state index < -0.39 is 0 Å². The lowest BCUT2D eigenvalue weighted by Gasteiger charge is -2.01. The molecular formula is C14H13NO2S. The number of ketones is 1. The molecule has 0 atom stereocenters. The number of nitrogens with zero attached hydrogens (tertiary/aromatic N) is 1. The van der Waals surface area contributed by atoms with Crippen molar-refractivity contribution in [2.75, 3.05) is 7.11 Å². The van der Waals surface area contributed by atoms with Crippen molar-refractivity contribution < 1.29 is 9.53 Å². The molecule has 0 fully saturated rings. The van der Waals surface area contributed by atoms with Crippen LogP contribution in [0, 0.1) is 0 Å². The molecule has 1 aliphatic carbocycles. The first-order chi connectivity index (χ1) is 8.78. The molecule has 2 aromatic rings. The van der Waals surface area contributed by atoms with Crippen LogP contribution in [0.1, 0.15) is 32.1 Å². The van der Waals surface area contributed by atoms with Crippen LogP contribution in [0.4, 0.5) is 0 Å². The van der Waals surface area contributed by atoms with Gasteiger partial charge in [-0.1, -0.05) is 0 Å². The zero-order chi connectivity index (χ0) is 12.5. The van der Waals surface area contributed by atoms with E-state index in [-0.39, 0.29) is 5.78 Å². The standard InChI is InChI=1S/C14H13NO2S/c1-17-11-5-10(7-15-8-11)14(16)13-6-9-3-2-4-12(9)18-13/h5-8H,2-4H2,1H3. The fraction of sp³-hybridized carbons (Fsp3) is 0.286. The van der Waals surface area contributed by atoms with E-state index in [1.54, 1.807) is 36.9 Å². The predicted octanol–water partition coefficient (Wildman–Crippen LogP) is 2.87. The highest BCUT2D eigenvalue weighted by Crippen LogP contribution is 2.31. The molecule has 2 heterocycles. The molecule has 0 aliphatic heterocycles. The lowest BCUT2D eigenvalue weighted by molar-refractivity contribution is 0.104. The van der Waals surface area contributed by atoms with E-state index in [1.165, 1.54) is 16.9 Å². The van der Waals surface area contributed by atoms with E-state index in [0.29, 0.717) is 11.3 Å². The minimum atomic E-state index is 0.0424. The first-order valence-corrected chi connectivity index (χ1v) is 6.75. The van der Waals surface area contributed by atoms with Gasteiger partial charge in [-0.25, -0.2) is 0 Å². The summed E-state index contributed by atoms with van der Waals surface area (Å²) in [4.78, 5) is 18.5. The maximum atomic E-state index is 12.3. The zero-order valence-electron chi connectivity index (χ0n) is 10.1. The van der Waals surface area contributed by atoms with E-state index in [0.717, 1.165) is 17.7 Å². The SMILES string of the molecule is COc1cncc(C(=O)c2cc3c(s2)CCC3)c1. The summed E-state index contributed by atoms with van der Waals surface area (Å²) in [6.07, 6.45) is 6.64. The monoisotopic (exact) mass is 259 g/mol. The lowest BCUT2D eigenvalue weighted by atomic mass is 10.1. The van der Waals surface area contributed by atoms with Crippen molar-refractivity contribution in [1.82, 2.24) is 4.98 Å². The zero-order valence-corrected chi connectivity index (χ0v) is 10.9. The summed E-state index contributed by atoms with van der Waals surface area (Å²) in [6, 6.07) is 3.77. The van der Waals surface area contributed by atoms with E-state index in [2.05, 4.69) is 4.98 Å². The van der Waals surface area contributed by atoms with Gasteiger partial charge in [0.2, 0.25) is 5.78 Å². The Labute approximate surface area is 109 Å². The molecule has 0 amide bonds. The third-order valence-electron chi connectivity index (χ3n) is 3.18. The highest BCUT2D eigenvalue weighted by Gasteiger charge is 2.19. The van der Waals surface area contributed by atoms with Crippen molar-refractivity contribution >= 4 is 17.1 Å². The Hall–Kier alpha value is -1.68. The Balaban J connectivity index is 1.93. The molecule has 92 valence electrons. The molecule has 0 saturated carbocycles. The van der Waals surface area contributed by atoms with Gasteiger partial charge in [0.1, 0.15) is 5.75 Å². The molecule has 3 nitrogen and oxygen atoms in total. The van der Waals surface area contributed by atoms with Gasteiger partial charge in [-0.2, -0.15) is 0 Å². The number of ether oxygens (including phenoxy) is 1. The Kier molecular flexibility index (Phi) is 2.88. The smallest absolute Gasteiger partial charge is 0.204 e. The first-order valence-electron chi connectivity index (χ1n) is 5.93. The molecule has 3 rings (SSSR count). The van der Waals surface area contributed by atoms with Crippen LogP contribution in [0.2, 0.25) is 0 Å². The molecule has 0 unspecified atom stereocenters. The average molecular weight is 259 g/mol. The van der Waals surface area contributed by atoms with Gasteiger partial charge >= 0.3 is 0 Å². The molecule has 0 spiro atoms. The second-order valence-electron chi connectivity index (χ2n) is 4.36. The number of methoxy groups -OCH3 is 1. The number of rotatable bonds is 3. The van der Waals surface area contributed by atoms with E-state index in [4.69, 9.17) is 4.74 Å². The van der Waals surface area contributed by atoms with Gasteiger partial charge in [0.25, 0.3) is 0 Å². The van der Waals surface area contributed by atoms with Crippen molar-refractivity contribution in [1.29, 1.82) is 0 Å². The molecule has 18 heavy (non-hydrogen) atoms. The van der Waals surface area contributed by atoms with Gasteiger partial charge in [0.15, 0.2) is 0 Å². The minimum absolute atomic E-state index is 0.0424. The normalized spacial score (nSPS) is 13.4. The van der Waals surface area contributed by atoms with E-state index in [9.17, 15) is 4.79 Å². The van der Waals surface area contributed by atoms with Crippen molar-refractivity contribution in [3.63, 3.8) is 0 Å². The molecule has 0 bridgehead atoms. The quantitative estimate of drug-likeness (QED) is 0.796. The lowest BCUT2D eigenvalue weighted by Crippen LogP contribution is -2.00. The number of carbonyl (C=O) groups excluding carboxylic acids is 1. The average Bonchev–Trinajstić information content (AvgIpc) is 2.98. The van der Waals surface area contributed by atoms with Crippen LogP contribution in [-0.4, -0.2) is 17.9 Å². The molecule has 4 heteroatoms. The van der Waals surface area contributed by atoms with E-state index in [1.807, 2.05) is 6.07 Å². The number of fused-ring (bicyclic) bond motifs is 1. The Bertz CT molecular complexity index is 582. The number of aromatic nitrogens is 1. The number of hydrogen-bond donors (Lipinski definition) is 0. The Morgan fingerprint density at radius 2 is 2.22 bits per heavy atom. The van der Waals surface area contributed by atoms with Crippen LogP contribution in [0.25, 0.3) is 0 Å². The van der Waals surface area contributed by atoms with Crippen molar-refractivity contribution in [3.05, 3.63) is 45.4 Å². The summed E-state index contributed by atoms with van der Waals surface area (Å²) < 4.78 is 5.09. The number of pyridine rings is 1. The van der Waals surface area contributed by atoms with Crippen LogP contribution < -0.4 is 4.74 Å². The van der Waals surface area contributed by atoms with E-state index >= 15 is 0 Å². The van der Waals surface area contributed by atoms with Crippen LogP contribution >= 0.6 is 11.3 Å². The molecule has 0 N–H and O–H groups in total. The van der Waals surface area contributed by atoms with Gasteiger partial charge in [-0.15, -0.1) is 11.3 Å².